The van der Waals surface area contributed by atoms with Gasteiger partial charge in [0.1, 0.15) is 5.82 Å². The summed E-state index contributed by atoms with van der Waals surface area (Å²) >= 11 is 0. The summed E-state index contributed by atoms with van der Waals surface area (Å²) in [5.74, 6) is 2.19. The first-order valence-electron chi connectivity index (χ1n) is 10.1. The number of benzene rings is 1. The molecule has 0 radical (unpaired) electrons. The lowest BCUT2D eigenvalue weighted by Gasteiger charge is -2.10. The Morgan fingerprint density at radius 1 is 1.14 bits per heavy atom. The zero-order chi connectivity index (χ0) is 20.2. The second-order valence-electron chi connectivity index (χ2n) is 7.49. The highest BCUT2D eigenvalue weighted by molar-refractivity contribution is 6.04. The van der Waals surface area contributed by atoms with Crippen LogP contribution in [0.3, 0.4) is 0 Å². The molecule has 3 aromatic rings. The number of pyridine rings is 1. The molecule has 1 amide bonds. The fourth-order valence-electron chi connectivity index (χ4n) is 3.46. The lowest BCUT2D eigenvalue weighted by atomic mass is 10.1. The van der Waals surface area contributed by atoms with Gasteiger partial charge < -0.3 is 14.6 Å². The monoisotopic (exact) mass is 391 g/mol. The maximum atomic E-state index is 12.6. The molecule has 2 aromatic heterocycles. The number of rotatable bonds is 5. The second-order valence-corrected chi connectivity index (χ2v) is 7.49. The third-order valence-electron chi connectivity index (χ3n) is 4.84. The number of nitrogens with one attached hydrogen (secondary N) is 1. The van der Waals surface area contributed by atoms with Crippen molar-refractivity contribution in [2.45, 2.75) is 52.2 Å². The first-order chi connectivity index (χ1) is 14.1. The van der Waals surface area contributed by atoms with Crippen molar-refractivity contribution in [1.29, 1.82) is 0 Å². The zero-order valence-corrected chi connectivity index (χ0v) is 16.8. The average Bonchev–Trinajstić information content (AvgIpc) is 2.96. The third kappa shape index (κ3) is 4.45. The van der Waals surface area contributed by atoms with Crippen molar-refractivity contribution in [2.24, 2.45) is 0 Å². The van der Waals surface area contributed by atoms with Crippen molar-refractivity contribution < 1.29 is 9.53 Å². The fourth-order valence-corrected chi connectivity index (χ4v) is 3.46. The molecule has 3 heterocycles. The van der Waals surface area contributed by atoms with E-state index >= 15 is 0 Å². The number of amides is 1. The number of ether oxygens (including phenoxy) is 1. The van der Waals surface area contributed by atoms with E-state index in [9.17, 15) is 4.79 Å². The molecule has 4 rings (SSSR count). The highest BCUT2D eigenvalue weighted by Crippen LogP contribution is 2.25. The largest absolute Gasteiger partial charge is 0.475 e. The van der Waals surface area contributed by atoms with Crippen LogP contribution in [0.15, 0.2) is 42.6 Å². The van der Waals surface area contributed by atoms with Gasteiger partial charge in [-0.05, 0) is 44.9 Å². The average molecular weight is 391 g/mol. The van der Waals surface area contributed by atoms with Crippen LogP contribution in [-0.2, 0) is 13.0 Å². The number of hydrogen-bond donors (Lipinski definition) is 1. The van der Waals surface area contributed by atoms with E-state index in [4.69, 9.17) is 4.74 Å². The smallest absolute Gasteiger partial charge is 0.257 e. The van der Waals surface area contributed by atoms with Gasteiger partial charge in [-0.1, -0.05) is 18.6 Å². The summed E-state index contributed by atoms with van der Waals surface area (Å²) in [5, 5.41) is 11.7. The van der Waals surface area contributed by atoms with Crippen molar-refractivity contribution >= 4 is 11.6 Å². The summed E-state index contributed by atoms with van der Waals surface area (Å²) in [6, 6.07) is 11.1. The molecule has 1 N–H and O–H groups in total. The summed E-state index contributed by atoms with van der Waals surface area (Å²) < 4.78 is 7.72. The molecule has 1 aromatic carbocycles. The molecular formula is C22H25N5O2. The molecule has 0 aliphatic carbocycles. The SMILES string of the molecule is CC(C)Oc1ccc(C(=O)Nc2cccc(-c3nnc4n3CCCCC4)c2)cn1. The van der Waals surface area contributed by atoms with Crippen LogP contribution in [0, 0.1) is 0 Å². The predicted octanol–water partition coefficient (Wildman–Crippen LogP) is 4.11. The molecule has 0 bridgehead atoms. The summed E-state index contributed by atoms with van der Waals surface area (Å²) in [7, 11) is 0. The Balaban J connectivity index is 1.51. The van der Waals surface area contributed by atoms with Gasteiger partial charge in [0.25, 0.3) is 5.91 Å². The minimum absolute atomic E-state index is 0.0390. The zero-order valence-electron chi connectivity index (χ0n) is 16.8. The normalized spacial score (nSPS) is 13.6. The van der Waals surface area contributed by atoms with Crippen LogP contribution in [0.2, 0.25) is 0 Å². The van der Waals surface area contributed by atoms with Gasteiger partial charge in [-0.25, -0.2) is 4.98 Å². The van der Waals surface area contributed by atoms with Crippen molar-refractivity contribution in [2.75, 3.05) is 5.32 Å². The Bertz CT molecular complexity index is 995. The number of anilines is 1. The van der Waals surface area contributed by atoms with Crippen molar-refractivity contribution in [3.8, 4) is 17.3 Å². The van der Waals surface area contributed by atoms with Gasteiger partial charge in [-0.3, -0.25) is 4.79 Å². The Kier molecular flexibility index (Phi) is 5.55. The lowest BCUT2D eigenvalue weighted by Crippen LogP contribution is -2.13. The molecule has 0 atom stereocenters. The molecule has 0 fully saturated rings. The van der Waals surface area contributed by atoms with Gasteiger partial charge in [-0.15, -0.1) is 10.2 Å². The molecule has 0 saturated heterocycles. The lowest BCUT2D eigenvalue weighted by molar-refractivity contribution is 0.102. The van der Waals surface area contributed by atoms with Crippen LogP contribution in [0.1, 0.15) is 49.3 Å². The number of aryl methyl sites for hydroxylation is 1. The number of hydrogen-bond acceptors (Lipinski definition) is 5. The summed E-state index contributed by atoms with van der Waals surface area (Å²) in [5.41, 5.74) is 2.13. The van der Waals surface area contributed by atoms with Crippen LogP contribution >= 0.6 is 0 Å². The fraction of sp³-hybridized carbons (Fsp3) is 0.364. The van der Waals surface area contributed by atoms with Crippen LogP contribution in [0.5, 0.6) is 5.88 Å². The molecule has 0 saturated carbocycles. The number of fused-ring (bicyclic) bond motifs is 1. The molecule has 29 heavy (non-hydrogen) atoms. The van der Waals surface area contributed by atoms with Gasteiger partial charge >= 0.3 is 0 Å². The van der Waals surface area contributed by atoms with Gasteiger partial charge in [0, 0.05) is 36.5 Å². The third-order valence-corrected chi connectivity index (χ3v) is 4.84. The van der Waals surface area contributed by atoms with E-state index in [2.05, 4.69) is 25.1 Å². The summed E-state index contributed by atoms with van der Waals surface area (Å²) in [6.07, 6.45) is 6.04. The molecule has 1 aliphatic heterocycles. The van der Waals surface area contributed by atoms with Crippen LogP contribution in [-0.4, -0.2) is 31.8 Å². The van der Waals surface area contributed by atoms with Crippen molar-refractivity contribution in [3.05, 3.63) is 54.0 Å². The van der Waals surface area contributed by atoms with E-state index in [0.717, 1.165) is 43.0 Å². The Morgan fingerprint density at radius 2 is 2.03 bits per heavy atom. The Hall–Kier alpha value is -3.22. The number of carbonyl (C=O) groups is 1. The summed E-state index contributed by atoms with van der Waals surface area (Å²) in [6.45, 7) is 4.80. The number of carbonyl (C=O) groups excluding carboxylic acids is 1. The maximum absolute atomic E-state index is 12.6. The minimum Gasteiger partial charge on any atom is -0.475 e. The number of nitrogens with zero attached hydrogens (tertiary/aromatic N) is 4. The highest BCUT2D eigenvalue weighted by Gasteiger charge is 2.16. The molecule has 7 nitrogen and oxygen atoms in total. The Morgan fingerprint density at radius 3 is 2.83 bits per heavy atom. The molecule has 150 valence electrons. The summed E-state index contributed by atoms with van der Waals surface area (Å²) in [4.78, 5) is 16.8. The second kappa shape index (κ2) is 8.43. The first-order valence-corrected chi connectivity index (χ1v) is 10.1. The molecular weight excluding hydrogens is 366 g/mol. The van der Waals surface area contributed by atoms with Crippen LogP contribution in [0.4, 0.5) is 5.69 Å². The van der Waals surface area contributed by atoms with Crippen molar-refractivity contribution in [3.63, 3.8) is 0 Å². The standard InChI is InChI=1S/C22H25N5O2/c1-15(2)29-20-11-10-17(14-23-20)22(28)24-18-8-6-7-16(13-18)21-26-25-19-9-4-3-5-12-27(19)21/h6-8,10-11,13-15H,3-5,9,12H2,1-2H3,(H,24,28). The molecule has 0 spiro atoms. The maximum Gasteiger partial charge on any atom is 0.257 e. The van der Waals surface area contributed by atoms with Crippen molar-refractivity contribution in [1.82, 2.24) is 19.7 Å². The predicted molar refractivity (Wildman–Crippen MR) is 111 cm³/mol. The van der Waals surface area contributed by atoms with Gasteiger partial charge in [0.15, 0.2) is 5.82 Å². The van der Waals surface area contributed by atoms with E-state index in [0.29, 0.717) is 17.1 Å². The minimum atomic E-state index is -0.217. The van der Waals surface area contributed by atoms with E-state index in [-0.39, 0.29) is 12.0 Å². The first kappa shape index (κ1) is 19.1. The quantitative estimate of drug-likeness (QED) is 0.708. The molecule has 0 unspecified atom stereocenters. The van der Waals surface area contributed by atoms with Crippen LogP contribution < -0.4 is 10.1 Å². The topological polar surface area (TPSA) is 81.9 Å². The van der Waals surface area contributed by atoms with Gasteiger partial charge in [0.05, 0.1) is 11.7 Å². The molecule has 7 heteroatoms. The van der Waals surface area contributed by atoms with E-state index in [1.165, 1.54) is 12.6 Å². The Labute approximate surface area is 170 Å². The van der Waals surface area contributed by atoms with Crippen LogP contribution in [0.25, 0.3) is 11.4 Å². The van der Waals surface area contributed by atoms with E-state index in [1.54, 1.807) is 12.1 Å². The highest BCUT2D eigenvalue weighted by atomic mass is 16.5. The van der Waals surface area contributed by atoms with Gasteiger partial charge in [0.2, 0.25) is 5.88 Å². The van der Waals surface area contributed by atoms with E-state index in [1.807, 2.05) is 38.1 Å². The van der Waals surface area contributed by atoms with E-state index < -0.39 is 0 Å². The molecule has 1 aliphatic rings. The number of aromatic nitrogens is 4. The van der Waals surface area contributed by atoms with Gasteiger partial charge in [-0.2, -0.15) is 0 Å².